The quantitative estimate of drug-likeness (QED) is 0.671. The first-order chi connectivity index (χ1) is 10.2. The number of benzene rings is 2. The Labute approximate surface area is 129 Å². The van der Waals surface area contributed by atoms with Gasteiger partial charge in [-0.2, -0.15) is 0 Å². The van der Waals surface area contributed by atoms with Crippen molar-refractivity contribution in [3.63, 3.8) is 0 Å². The monoisotopic (exact) mass is 297 g/mol. The fraction of sp³-hybridized carbons (Fsp3) is 0. The summed E-state index contributed by atoms with van der Waals surface area (Å²) < 4.78 is 0. The summed E-state index contributed by atoms with van der Waals surface area (Å²) in [5.74, 6) is 0.296. The van der Waals surface area contributed by atoms with Crippen molar-refractivity contribution >= 4 is 17.3 Å². The third-order valence-electron chi connectivity index (χ3n) is 2.78. The Kier molecular flexibility index (Phi) is 5.18. The van der Waals surface area contributed by atoms with Crippen LogP contribution in [0.5, 0.6) is 0 Å². The van der Waals surface area contributed by atoms with Crippen LogP contribution in [-0.4, -0.2) is 5.71 Å². The van der Waals surface area contributed by atoms with Crippen LogP contribution in [0.2, 0.25) is 0 Å². The summed E-state index contributed by atoms with van der Waals surface area (Å²) in [6, 6.07) is 19.7. The van der Waals surface area contributed by atoms with Crippen molar-refractivity contribution in [2.45, 2.75) is 0 Å². The first-order valence-corrected chi connectivity index (χ1v) is 6.82. The van der Waals surface area contributed by atoms with Crippen LogP contribution >= 0.6 is 11.6 Å². The molecular weight excluding hydrogens is 282 g/mol. The second kappa shape index (κ2) is 7.31. The Morgan fingerprint density at radius 3 is 1.81 bits per heavy atom. The maximum atomic E-state index is 5.92. The van der Waals surface area contributed by atoms with E-state index < -0.39 is 0 Å². The molecule has 0 heterocycles. The van der Waals surface area contributed by atoms with Crippen molar-refractivity contribution in [1.29, 1.82) is 0 Å². The summed E-state index contributed by atoms with van der Waals surface area (Å²) in [7, 11) is 0. The molecule has 0 aliphatic rings. The topological polar surface area (TPSA) is 64.4 Å². The van der Waals surface area contributed by atoms with Gasteiger partial charge in [-0.1, -0.05) is 72.3 Å². The number of nitrogens with zero attached hydrogens (tertiary/aromatic N) is 1. The SMILES string of the molecule is N/C=C(Cl)\C=C(/N)N=C(c1ccccc1)c1ccccc1. The van der Waals surface area contributed by atoms with E-state index in [0.29, 0.717) is 10.9 Å². The highest BCUT2D eigenvalue weighted by Crippen LogP contribution is 2.13. The highest BCUT2D eigenvalue weighted by atomic mass is 35.5. The van der Waals surface area contributed by atoms with E-state index in [9.17, 15) is 0 Å². The maximum absolute atomic E-state index is 5.92. The smallest absolute Gasteiger partial charge is 0.125 e. The second-order valence-electron chi connectivity index (χ2n) is 4.31. The predicted molar refractivity (Wildman–Crippen MR) is 88.9 cm³/mol. The molecule has 0 bridgehead atoms. The number of nitrogens with two attached hydrogens (primary N) is 2. The van der Waals surface area contributed by atoms with Gasteiger partial charge in [0.2, 0.25) is 0 Å². The zero-order valence-electron chi connectivity index (χ0n) is 11.4. The largest absolute Gasteiger partial charge is 0.403 e. The van der Waals surface area contributed by atoms with Gasteiger partial charge in [0.15, 0.2) is 0 Å². The van der Waals surface area contributed by atoms with Crippen molar-refractivity contribution < 1.29 is 0 Å². The number of rotatable bonds is 4. The van der Waals surface area contributed by atoms with Crippen LogP contribution in [0.25, 0.3) is 0 Å². The molecule has 0 saturated heterocycles. The van der Waals surface area contributed by atoms with E-state index in [4.69, 9.17) is 23.1 Å². The molecule has 0 radical (unpaired) electrons. The minimum absolute atomic E-state index is 0.296. The van der Waals surface area contributed by atoms with Gasteiger partial charge in [0.05, 0.1) is 10.7 Å². The molecule has 0 saturated carbocycles. The van der Waals surface area contributed by atoms with Crippen LogP contribution in [0.15, 0.2) is 88.8 Å². The fourth-order valence-electron chi connectivity index (χ4n) is 1.84. The van der Waals surface area contributed by atoms with Crippen molar-refractivity contribution in [1.82, 2.24) is 0 Å². The average Bonchev–Trinajstić information content (AvgIpc) is 2.54. The van der Waals surface area contributed by atoms with Crippen LogP contribution < -0.4 is 11.5 Å². The zero-order chi connectivity index (χ0) is 15.1. The van der Waals surface area contributed by atoms with Crippen molar-refractivity contribution in [2.24, 2.45) is 16.5 Å². The molecule has 0 atom stereocenters. The van der Waals surface area contributed by atoms with E-state index in [1.54, 1.807) is 0 Å². The summed E-state index contributed by atoms with van der Waals surface area (Å²) >= 11 is 5.85. The lowest BCUT2D eigenvalue weighted by Crippen LogP contribution is -2.06. The van der Waals surface area contributed by atoms with Gasteiger partial charge in [-0.15, -0.1) is 0 Å². The number of halogens is 1. The molecule has 0 aliphatic heterocycles. The first kappa shape index (κ1) is 14.9. The molecule has 0 spiro atoms. The lowest BCUT2D eigenvalue weighted by molar-refractivity contribution is 1.23. The van der Waals surface area contributed by atoms with Gasteiger partial charge in [-0.3, -0.25) is 0 Å². The van der Waals surface area contributed by atoms with Crippen LogP contribution in [0.3, 0.4) is 0 Å². The minimum Gasteiger partial charge on any atom is -0.403 e. The minimum atomic E-state index is 0.296. The van der Waals surface area contributed by atoms with E-state index >= 15 is 0 Å². The third kappa shape index (κ3) is 4.23. The number of allylic oxidation sites excluding steroid dienone is 2. The summed E-state index contributed by atoms with van der Waals surface area (Å²) in [6.45, 7) is 0. The number of hydrogen-bond acceptors (Lipinski definition) is 3. The standard InChI is InChI=1S/C17H16ClN3/c18-15(12-19)11-16(20)21-17(13-7-3-1-4-8-13)14-9-5-2-6-10-14/h1-12H,19-20H2/b15-12+,16-11+. The molecule has 0 aliphatic carbocycles. The van der Waals surface area contributed by atoms with Crippen LogP contribution in [0, 0.1) is 0 Å². The zero-order valence-corrected chi connectivity index (χ0v) is 12.2. The van der Waals surface area contributed by atoms with Crippen LogP contribution in [-0.2, 0) is 0 Å². The molecule has 4 heteroatoms. The van der Waals surface area contributed by atoms with Gasteiger partial charge in [0.1, 0.15) is 5.82 Å². The van der Waals surface area contributed by atoms with Gasteiger partial charge in [0.25, 0.3) is 0 Å². The molecule has 106 valence electrons. The molecule has 2 rings (SSSR count). The molecule has 21 heavy (non-hydrogen) atoms. The summed E-state index contributed by atoms with van der Waals surface area (Å²) in [5.41, 5.74) is 14.0. The normalized spacial score (nSPS) is 12.0. The number of hydrogen-bond donors (Lipinski definition) is 2. The van der Waals surface area contributed by atoms with Crippen molar-refractivity contribution in [3.05, 3.63) is 94.9 Å². The van der Waals surface area contributed by atoms with E-state index in [1.165, 1.54) is 12.3 Å². The fourth-order valence-corrected chi connectivity index (χ4v) is 1.95. The first-order valence-electron chi connectivity index (χ1n) is 6.45. The van der Waals surface area contributed by atoms with E-state index in [1.807, 2.05) is 60.7 Å². The number of aliphatic imine (C=N–C) groups is 1. The van der Waals surface area contributed by atoms with Crippen LogP contribution in [0.1, 0.15) is 11.1 Å². The van der Waals surface area contributed by atoms with Gasteiger partial charge in [0, 0.05) is 23.4 Å². The van der Waals surface area contributed by atoms with Gasteiger partial charge in [-0.05, 0) is 0 Å². The highest BCUT2D eigenvalue weighted by Gasteiger charge is 2.06. The van der Waals surface area contributed by atoms with Gasteiger partial charge >= 0.3 is 0 Å². The predicted octanol–water partition coefficient (Wildman–Crippen LogP) is 3.36. The second-order valence-corrected chi connectivity index (χ2v) is 4.75. The Bertz CT molecular complexity index is 632. The van der Waals surface area contributed by atoms with Gasteiger partial charge in [-0.25, -0.2) is 4.99 Å². The van der Waals surface area contributed by atoms with Gasteiger partial charge < -0.3 is 11.5 Å². The van der Waals surface area contributed by atoms with E-state index in [2.05, 4.69) is 4.99 Å². The summed E-state index contributed by atoms with van der Waals surface area (Å²) in [4.78, 5) is 4.48. The highest BCUT2D eigenvalue weighted by molar-refractivity contribution is 6.31. The Morgan fingerprint density at radius 2 is 1.38 bits per heavy atom. The molecule has 0 amide bonds. The average molecular weight is 298 g/mol. The third-order valence-corrected chi connectivity index (χ3v) is 3.02. The molecule has 4 N–H and O–H groups in total. The molecule has 0 unspecified atom stereocenters. The Morgan fingerprint density at radius 1 is 0.905 bits per heavy atom. The molecule has 2 aromatic rings. The molecule has 0 aromatic heterocycles. The maximum Gasteiger partial charge on any atom is 0.125 e. The van der Waals surface area contributed by atoms with E-state index in [-0.39, 0.29) is 0 Å². The van der Waals surface area contributed by atoms with E-state index in [0.717, 1.165) is 16.8 Å². The van der Waals surface area contributed by atoms with Crippen molar-refractivity contribution in [3.8, 4) is 0 Å². The van der Waals surface area contributed by atoms with Crippen LogP contribution in [0.4, 0.5) is 0 Å². The molecule has 0 fully saturated rings. The lowest BCUT2D eigenvalue weighted by Gasteiger charge is -2.07. The lowest BCUT2D eigenvalue weighted by atomic mass is 10.0. The molecule has 3 nitrogen and oxygen atoms in total. The summed E-state index contributed by atoms with van der Waals surface area (Å²) in [6.07, 6.45) is 2.79. The molecular formula is C17H16ClN3. The van der Waals surface area contributed by atoms with Crippen molar-refractivity contribution in [2.75, 3.05) is 0 Å². The Hall–Kier alpha value is -2.52. The summed E-state index contributed by atoms with van der Waals surface area (Å²) in [5, 5.41) is 0.344. The molecule has 2 aromatic carbocycles. The Balaban J connectivity index is 2.50.